The largest absolute Gasteiger partial charge is 0.385 e. The smallest absolute Gasteiger partial charge is 0.0374 e. The van der Waals surface area contributed by atoms with Gasteiger partial charge in [-0.2, -0.15) is 0 Å². The second-order valence-corrected chi connectivity index (χ2v) is 5.38. The van der Waals surface area contributed by atoms with Crippen molar-refractivity contribution in [1.29, 1.82) is 0 Å². The number of hydrogen-bond donors (Lipinski definition) is 1. The Bertz CT molecular complexity index is 400. The maximum atomic E-state index is 3.48. The maximum absolute atomic E-state index is 3.48. The van der Waals surface area contributed by atoms with Crippen LogP contribution in [0.1, 0.15) is 31.7 Å². The Morgan fingerprint density at radius 3 is 3.18 bits per heavy atom. The first-order chi connectivity index (χ1) is 8.36. The van der Waals surface area contributed by atoms with Gasteiger partial charge >= 0.3 is 0 Å². The predicted molar refractivity (Wildman–Crippen MR) is 73.9 cm³/mol. The first kappa shape index (κ1) is 10.9. The number of nitrogens with zero attached hydrogens (tertiary/aromatic N) is 1. The molecule has 3 rings (SSSR count). The molecule has 0 aromatic heterocycles. The normalized spacial score (nSPS) is 23.4. The van der Waals surface area contributed by atoms with E-state index in [2.05, 4.69) is 35.3 Å². The molecule has 2 heteroatoms. The van der Waals surface area contributed by atoms with E-state index in [4.69, 9.17) is 0 Å². The van der Waals surface area contributed by atoms with Gasteiger partial charge in [-0.25, -0.2) is 0 Å². The van der Waals surface area contributed by atoms with E-state index in [-0.39, 0.29) is 0 Å². The summed E-state index contributed by atoms with van der Waals surface area (Å²) >= 11 is 0. The molecule has 0 amide bonds. The number of aryl methyl sites for hydroxylation is 1. The molecule has 1 unspecified atom stereocenters. The lowest BCUT2D eigenvalue weighted by molar-refractivity contribution is 0.569. The van der Waals surface area contributed by atoms with E-state index in [9.17, 15) is 0 Å². The molecule has 1 saturated heterocycles. The van der Waals surface area contributed by atoms with Gasteiger partial charge in [-0.05, 0) is 48.9 Å². The predicted octanol–water partition coefficient (Wildman–Crippen LogP) is 3.28. The topological polar surface area (TPSA) is 15.3 Å². The molecule has 1 fully saturated rings. The number of benzene rings is 1. The fraction of sp³-hybridized carbons (Fsp3) is 0.600. The maximum Gasteiger partial charge on any atom is 0.0374 e. The van der Waals surface area contributed by atoms with E-state index in [0.717, 1.165) is 12.5 Å². The van der Waals surface area contributed by atoms with Crippen LogP contribution in [0.5, 0.6) is 0 Å². The van der Waals surface area contributed by atoms with Gasteiger partial charge in [0, 0.05) is 31.0 Å². The summed E-state index contributed by atoms with van der Waals surface area (Å²) in [6, 6.07) is 6.96. The van der Waals surface area contributed by atoms with Crippen molar-refractivity contribution in [3.8, 4) is 0 Å². The first-order valence-corrected chi connectivity index (χ1v) is 6.98. The van der Waals surface area contributed by atoms with Crippen LogP contribution in [0.3, 0.4) is 0 Å². The van der Waals surface area contributed by atoms with Gasteiger partial charge in [0.05, 0.1) is 0 Å². The van der Waals surface area contributed by atoms with Gasteiger partial charge in [0.25, 0.3) is 0 Å². The van der Waals surface area contributed by atoms with Crippen LogP contribution in [-0.2, 0) is 6.42 Å². The van der Waals surface area contributed by atoms with E-state index < -0.39 is 0 Å². The van der Waals surface area contributed by atoms with Gasteiger partial charge in [-0.3, -0.25) is 0 Å². The Balaban J connectivity index is 1.79. The highest BCUT2D eigenvalue weighted by Crippen LogP contribution is 2.30. The third-order valence-corrected chi connectivity index (χ3v) is 4.26. The summed E-state index contributed by atoms with van der Waals surface area (Å²) in [5.74, 6) is 0.907. The Morgan fingerprint density at radius 2 is 2.35 bits per heavy atom. The van der Waals surface area contributed by atoms with Crippen molar-refractivity contribution in [2.75, 3.05) is 29.9 Å². The zero-order chi connectivity index (χ0) is 11.7. The quantitative estimate of drug-likeness (QED) is 0.838. The molecule has 0 spiro atoms. The van der Waals surface area contributed by atoms with Crippen LogP contribution in [0, 0.1) is 5.92 Å². The first-order valence-electron chi connectivity index (χ1n) is 6.98. The van der Waals surface area contributed by atoms with E-state index in [1.165, 1.54) is 55.7 Å². The number of fused-ring (bicyclic) bond motifs is 1. The minimum absolute atomic E-state index is 0.907. The van der Waals surface area contributed by atoms with Gasteiger partial charge in [0.15, 0.2) is 0 Å². The Morgan fingerprint density at radius 1 is 1.41 bits per heavy atom. The zero-order valence-corrected chi connectivity index (χ0v) is 10.7. The fourth-order valence-electron chi connectivity index (χ4n) is 3.06. The third-order valence-electron chi connectivity index (χ3n) is 4.26. The molecule has 2 heterocycles. The summed E-state index contributed by atoms with van der Waals surface area (Å²) in [4.78, 5) is 2.56. The highest BCUT2D eigenvalue weighted by molar-refractivity contribution is 5.62. The average molecular weight is 230 g/mol. The van der Waals surface area contributed by atoms with Crippen LogP contribution in [0.15, 0.2) is 18.2 Å². The van der Waals surface area contributed by atoms with Gasteiger partial charge < -0.3 is 10.2 Å². The molecule has 0 aliphatic carbocycles. The lowest BCUT2D eigenvalue weighted by Gasteiger charge is -2.23. The van der Waals surface area contributed by atoms with Crippen LogP contribution in [-0.4, -0.2) is 19.6 Å². The van der Waals surface area contributed by atoms with Crippen LogP contribution >= 0.6 is 0 Å². The second-order valence-electron chi connectivity index (χ2n) is 5.38. The standard InChI is InChI=1S/C15H22N2/c1-2-12-7-9-17(11-12)14-5-6-15-13(10-14)4-3-8-16-15/h5-6,10,12,16H,2-4,7-9,11H2,1H3. The van der Waals surface area contributed by atoms with Crippen molar-refractivity contribution in [3.63, 3.8) is 0 Å². The minimum atomic E-state index is 0.907. The van der Waals surface area contributed by atoms with Crippen molar-refractivity contribution in [2.24, 2.45) is 5.92 Å². The average Bonchev–Trinajstić information content (AvgIpc) is 2.87. The molecule has 1 aromatic carbocycles. The monoisotopic (exact) mass is 230 g/mol. The Hall–Kier alpha value is -1.18. The fourth-order valence-corrected chi connectivity index (χ4v) is 3.06. The summed E-state index contributed by atoms with van der Waals surface area (Å²) in [7, 11) is 0. The molecule has 1 atom stereocenters. The van der Waals surface area contributed by atoms with Gasteiger partial charge in [0.1, 0.15) is 0 Å². The van der Waals surface area contributed by atoms with E-state index in [1.54, 1.807) is 0 Å². The highest BCUT2D eigenvalue weighted by Gasteiger charge is 2.21. The summed E-state index contributed by atoms with van der Waals surface area (Å²) in [5, 5.41) is 3.48. The third kappa shape index (κ3) is 2.13. The van der Waals surface area contributed by atoms with Crippen LogP contribution < -0.4 is 10.2 Å². The van der Waals surface area contributed by atoms with Gasteiger partial charge in [-0.1, -0.05) is 13.3 Å². The molecule has 0 bridgehead atoms. The molecule has 2 aliphatic rings. The van der Waals surface area contributed by atoms with Crippen LogP contribution in [0.4, 0.5) is 11.4 Å². The van der Waals surface area contributed by atoms with Crippen molar-refractivity contribution < 1.29 is 0 Å². The summed E-state index contributed by atoms with van der Waals surface area (Å²) in [6.07, 6.45) is 5.20. The number of nitrogens with one attached hydrogen (secondary N) is 1. The summed E-state index contributed by atoms with van der Waals surface area (Å²) in [6.45, 7) is 5.94. The molecule has 1 N–H and O–H groups in total. The van der Waals surface area contributed by atoms with E-state index >= 15 is 0 Å². The van der Waals surface area contributed by atoms with Crippen molar-refractivity contribution >= 4 is 11.4 Å². The van der Waals surface area contributed by atoms with Crippen molar-refractivity contribution in [2.45, 2.75) is 32.6 Å². The number of anilines is 2. The molecule has 2 nitrogen and oxygen atoms in total. The molecular weight excluding hydrogens is 208 g/mol. The Labute approximate surface area is 104 Å². The molecule has 0 saturated carbocycles. The van der Waals surface area contributed by atoms with E-state index in [0.29, 0.717) is 0 Å². The van der Waals surface area contributed by atoms with Gasteiger partial charge in [0.2, 0.25) is 0 Å². The van der Waals surface area contributed by atoms with Crippen LogP contribution in [0.25, 0.3) is 0 Å². The lowest BCUT2D eigenvalue weighted by Crippen LogP contribution is -2.20. The molecular formula is C15H22N2. The Kier molecular flexibility index (Phi) is 2.96. The van der Waals surface area contributed by atoms with Crippen LogP contribution in [0.2, 0.25) is 0 Å². The molecule has 0 radical (unpaired) electrons. The van der Waals surface area contributed by atoms with Crippen molar-refractivity contribution in [1.82, 2.24) is 0 Å². The molecule has 92 valence electrons. The van der Waals surface area contributed by atoms with Crippen molar-refractivity contribution in [3.05, 3.63) is 23.8 Å². The van der Waals surface area contributed by atoms with Gasteiger partial charge in [-0.15, -0.1) is 0 Å². The van der Waals surface area contributed by atoms with E-state index in [1.807, 2.05) is 0 Å². The number of hydrogen-bond acceptors (Lipinski definition) is 2. The molecule has 2 aliphatic heterocycles. The SMILES string of the molecule is CCC1CCN(c2ccc3c(c2)CCCN3)C1. The second kappa shape index (κ2) is 4.59. The highest BCUT2D eigenvalue weighted by atomic mass is 15.1. The molecule has 1 aromatic rings. The minimum Gasteiger partial charge on any atom is -0.385 e. The molecule has 17 heavy (non-hydrogen) atoms. The lowest BCUT2D eigenvalue weighted by atomic mass is 10.0. The number of rotatable bonds is 2. The zero-order valence-electron chi connectivity index (χ0n) is 10.7. The summed E-state index contributed by atoms with van der Waals surface area (Å²) < 4.78 is 0. The summed E-state index contributed by atoms with van der Waals surface area (Å²) in [5.41, 5.74) is 4.29.